The maximum absolute atomic E-state index is 5.86. The van der Waals surface area contributed by atoms with E-state index in [0.717, 1.165) is 17.0 Å². The number of benzene rings is 1. The van der Waals surface area contributed by atoms with Crippen LogP contribution in [0.25, 0.3) is 0 Å². The van der Waals surface area contributed by atoms with Crippen molar-refractivity contribution in [3.8, 4) is 11.8 Å². The molecule has 0 unspecified atom stereocenters. The fourth-order valence-electron chi connectivity index (χ4n) is 1.65. The summed E-state index contributed by atoms with van der Waals surface area (Å²) in [5.74, 6) is 0.623. The van der Waals surface area contributed by atoms with E-state index in [9.17, 15) is 0 Å². The van der Waals surface area contributed by atoms with E-state index < -0.39 is 0 Å². The molecule has 1 heterocycles. The number of hydrogen-bond acceptors (Lipinski definition) is 4. The molecule has 0 atom stereocenters. The van der Waals surface area contributed by atoms with Crippen molar-refractivity contribution < 1.29 is 4.74 Å². The maximum atomic E-state index is 5.86. The normalized spacial score (nSPS) is 10.3. The van der Waals surface area contributed by atoms with Gasteiger partial charge in [-0.2, -0.15) is 0 Å². The summed E-state index contributed by atoms with van der Waals surface area (Å²) in [6.45, 7) is 5.75. The average molecular weight is 229 g/mol. The molecule has 0 spiro atoms. The molecule has 0 aliphatic rings. The third-order valence-electron chi connectivity index (χ3n) is 2.40. The first kappa shape index (κ1) is 11.4. The zero-order chi connectivity index (χ0) is 12.4. The highest BCUT2D eigenvalue weighted by atomic mass is 16.5. The highest BCUT2D eigenvalue weighted by molar-refractivity contribution is 5.57. The maximum Gasteiger partial charge on any atom is 0.322 e. The van der Waals surface area contributed by atoms with E-state index in [1.807, 2.05) is 39.0 Å². The van der Waals surface area contributed by atoms with Crippen LogP contribution in [0.4, 0.5) is 5.69 Å². The van der Waals surface area contributed by atoms with Gasteiger partial charge in [0, 0.05) is 11.4 Å². The van der Waals surface area contributed by atoms with Gasteiger partial charge in [-0.15, -0.1) is 0 Å². The molecule has 0 aliphatic heterocycles. The van der Waals surface area contributed by atoms with Crippen LogP contribution in [-0.2, 0) is 0 Å². The second-order valence-corrected chi connectivity index (χ2v) is 4.03. The molecule has 2 N–H and O–H groups in total. The molecule has 88 valence electrons. The Bertz CT molecular complexity index is 512. The van der Waals surface area contributed by atoms with Crippen molar-refractivity contribution in [1.82, 2.24) is 9.97 Å². The Morgan fingerprint density at radius 2 is 1.71 bits per heavy atom. The van der Waals surface area contributed by atoms with E-state index in [4.69, 9.17) is 10.5 Å². The second kappa shape index (κ2) is 4.41. The molecular weight excluding hydrogens is 214 g/mol. The van der Waals surface area contributed by atoms with Crippen molar-refractivity contribution in [2.45, 2.75) is 20.8 Å². The van der Waals surface area contributed by atoms with Gasteiger partial charge in [-0.3, -0.25) is 0 Å². The topological polar surface area (TPSA) is 61.0 Å². The standard InChI is InChI=1S/C13H15N3O/c1-8-5-4-6-11(14)12(8)17-13-15-9(2)7-10(3)16-13/h4-7H,14H2,1-3H3. The fraction of sp³-hybridized carbons (Fsp3) is 0.231. The first-order valence-corrected chi connectivity index (χ1v) is 5.41. The summed E-state index contributed by atoms with van der Waals surface area (Å²) in [5, 5.41) is 0. The van der Waals surface area contributed by atoms with Gasteiger partial charge < -0.3 is 10.5 Å². The number of anilines is 1. The van der Waals surface area contributed by atoms with Crippen LogP contribution in [0.5, 0.6) is 11.8 Å². The Hall–Kier alpha value is -2.10. The number of aromatic nitrogens is 2. The highest BCUT2D eigenvalue weighted by Gasteiger charge is 2.08. The summed E-state index contributed by atoms with van der Waals surface area (Å²) in [6, 6.07) is 7.86. The number of aryl methyl sites for hydroxylation is 3. The number of ether oxygens (including phenoxy) is 1. The average Bonchev–Trinajstić information content (AvgIpc) is 2.22. The molecule has 0 aliphatic carbocycles. The van der Waals surface area contributed by atoms with E-state index in [0.29, 0.717) is 17.4 Å². The first-order chi connectivity index (χ1) is 8.06. The molecule has 0 radical (unpaired) electrons. The summed E-state index contributed by atoms with van der Waals surface area (Å²) in [6.07, 6.45) is 0. The molecule has 2 aromatic rings. The number of hydrogen-bond donors (Lipinski definition) is 1. The van der Waals surface area contributed by atoms with Gasteiger partial charge in [-0.25, -0.2) is 9.97 Å². The first-order valence-electron chi connectivity index (χ1n) is 5.41. The Labute approximate surface area is 100 Å². The van der Waals surface area contributed by atoms with Gasteiger partial charge in [0.2, 0.25) is 0 Å². The molecule has 0 fully saturated rings. The van der Waals surface area contributed by atoms with Gasteiger partial charge in [0.25, 0.3) is 0 Å². The monoisotopic (exact) mass is 229 g/mol. The molecular formula is C13H15N3O. The van der Waals surface area contributed by atoms with Crippen molar-refractivity contribution in [1.29, 1.82) is 0 Å². The van der Waals surface area contributed by atoms with Crippen molar-refractivity contribution >= 4 is 5.69 Å². The lowest BCUT2D eigenvalue weighted by Crippen LogP contribution is -1.99. The third kappa shape index (κ3) is 2.53. The largest absolute Gasteiger partial charge is 0.422 e. The Kier molecular flexibility index (Phi) is 2.95. The molecule has 0 saturated carbocycles. The SMILES string of the molecule is Cc1cc(C)nc(Oc2c(C)cccc2N)n1. The fourth-order valence-corrected chi connectivity index (χ4v) is 1.65. The lowest BCUT2D eigenvalue weighted by molar-refractivity contribution is 0.438. The number of rotatable bonds is 2. The van der Waals surface area contributed by atoms with Crippen LogP contribution in [0.15, 0.2) is 24.3 Å². The van der Waals surface area contributed by atoms with Gasteiger partial charge in [0.1, 0.15) is 0 Å². The number of para-hydroxylation sites is 1. The van der Waals surface area contributed by atoms with Crippen LogP contribution >= 0.6 is 0 Å². The zero-order valence-corrected chi connectivity index (χ0v) is 10.2. The predicted octanol–water partition coefficient (Wildman–Crippen LogP) is 2.78. The highest BCUT2D eigenvalue weighted by Crippen LogP contribution is 2.29. The number of nitrogen functional groups attached to an aromatic ring is 1. The van der Waals surface area contributed by atoms with E-state index in [1.54, 1.807) is 6.07 Å². The second-order valence-electron chi connectivity index (χ2n) is 4.03. The molecule has 17 heavy (non-hydrogen) atoms. The minimum Gasteiger partial charge on any atom is -0.422 e. The van der Waals surface area contributed by atoms with E-state index in [-0.39, 0.29) is 0 Å². The van der Waals surface area contributed by atoms with Crippen molar-refractivity contribution in [3.63, 3.8) is 0 Å². The quantitative estimate of drug-likeness (QED) is 0.804. The molecule has 0 saturated heterocycles. The number of nitrogens with two attached hydrogens (primary N) is 1. The van der Waals surface area contributed by atoms with Crippen LogP contribution in [0, 0.1) is 20.8 Å². The van der Waals surface area contributed by atoms with E-state index in [2.05, 4.69) is 9.97 Å². The van der Waals surface area contributed by atoms with Crippen molar-refractivity contribution in [2.24, 2.45) is 0 Å². The van der Waals surface area contributed by atoms with Crippen LogP contribution < -0.4 is 10.5 Å². The van der Waals surface area contributed by atoms with Gasteiger partial charge >= 0.3 is 6.01 Å². The van der Waals surface area contributed by atoms with Gasteiger partial charge in [-0.1, -0.05) is 12.1 Å². The summed E-state index contributed by atoms with van der Waals surface area (Å²) >= 11 is 0. The minimum absolute atomic E-state index is 0.337. The van der Waals surface area contributed by atoms with Crippen LogP contribution in [0.3, 0.4) is 0 Å². The Morgan fingerprint density at radius 1 is 1.06 bits per heavy atom. The minimum atomic E-state index is 0.337. The molecule has 0 bridgehead atoms. The van der Waals surface area contributed by atoms with Crippen LogP contribution in [0.1, 0.15) is 17.0 Å². The van der Waals surface area contributed by atoms with E-state index in [1.165, 1.54) is 0 Å². The van der Waals surface area contributed by atoms with Gasteiger partial charge in [0.05, 0.1) is 5.69 Å². The Balaban J connectivity index is 2.38. The Morgan fingerprint density at radius 3 is 2.29 bits per heavy atom. The zero-order valence-electron chi connectivity index (χ0n) is 10.2. The van der Waals surface area contributed by atoms with Crippen LogP contribution in [0.2, 0.25) is 0 Å². The van der Waals surface area contributed by atoms with Gasteiger partial charge in [0.15, 0.2) is 5.75 Å². The molecule has 1 aromatic carbocycles. The lowest BCUT2D eigenvalue weighted by Gasteiger charge is -2.10. The third-order valence-corrected chi connectivity index (χ3v) is 2.40. The summed E-state index contributed by atoms with van der Waals surface area (Å²) in [5.41, 5.74) is 9.17. The molecule has 2 rings (SSSR count). The van der Waals surface area contributed by atoms with Crippen molar-refractivity contribution in [3.05, 3.63) is 41.2 Å². The van der Waals surface area contributed by atoms with E-state index >= 15 is 0 Å². The molecule has 0 amide bonds. The molecule has 4 nitrogen and oxygen atoms in total. The summed E-state index contributed by atoms with van der Waals surface area (Å²) < 4.78 is 5.65. The summed E-state index contributed by atoms with van der Waals surface area (Å²) in [4.78, 5) is 8.45. The smallest absolute Gasteiger partial charge is 0.322 e. The van der Waals surface area contributed by atoms with Crippen LogP contribution in [-0.4, -0.2) is 9.97 Å². The van der Waals surface area contributed by atoms with Crippen molar-refractivity contribution in [2.75, 3.05) is 5.73 Å². The number of nitrogens with zero attached hydrogens (tertiary/aromatic N) is 2. The molecule has 4 heteroatoms. The lowest BCUT2D eigenvalue weighted by atomic mass is 10.2. The van der Waals surface area contributed by atoms with Gasteiger partial charge in [-0.05, 0) is 38.5 Å². The predicted molar refractivity (Wildman–Crippen MR) is 67.2 cm³/mol. The summed E-state index contributed by atoms with van der Waals surface area (Å²) in [7, 11) is 0. The molecule has 1 aromatic heterocycles.